The second-order valence-corrected chi connectivity index (χ2v) is 7.04. The highest BCUT2D eigenvalue weighted by molar-refractivity contribution is 6.11. The van der Waals surface area contributed by atoms with Crippen molar-refractivity contribution >= 4 is 17.6 Å². The Morgan fingerprint density at radius 2 is 1.58 bits per heavy atom. The zero-order valence-electron chi connectivity index (χ0n) is 14.5. The van der Waals surface area contributed by atoms with E-state index < -0.39 is 23.2 Å². The maximum atomic E-state index is 13.1. The summed E-state index contributed by atoms with van der Waals surface area (Å²) in [7, 11) is 0. The molecule has 0 amide bonds. The number of benzene rings is 2. The van der Waals surface area contributed by atoms with Crippen LogP contribution in [0.15, 0.2) is 65.8 Å². The molecular weight excluding hydrogens is 328 g/mol. The van der Waals surface area contributed by atoms with Crippen molar-refractivity contribution in [1.29, 1.82) is 0 Å². The molecule has 5 heteroatoms. The van der Waals surface area contributed by atoms with Crippen LogP contribution in [0, 0.1) is 11.3 Å². The second kappa shape index (κ2) is 6.09. The molecule has 26 heavy (non-hydrogen) atoms. The summed E-state index contributed by atoms with van der Waals surface area (Å²) in [6.07, 6.45) is 0.236. The summed E-state index contributed by atoms with van der Waals surface area (Å²) in [4.78, 5) is 31.0. The Bertz CT molecular complexity index is 879. The number of Topliss-reactive ketones (excluding diaryl/α,β-unsaturated/α-hetero) is 1. The Morgan fingerprint density at radius 3 is 2.12 bits per heavy atom. The minimum Gasteiger partial charge on any atom is -0.383 e. The molecule has 4 unspecified atom stereocenters. The molecule has 0 saturated heterocycles. The summed E-state index contributed by atoms with van der Waals surface area (Å²) >= 11 is 0. The SMILES string of the molecule is CC1C(=O)CC(c2ccccc2)C2(C(=O)ON=C2N)C1c1ccccc1. The van der Waals surface area contributed by atoms with Crippen molar-refractivity contribution in [3.8, 4) is 0 Å². The van der Waals surface area contributed by atoms with E-state index in [0.717, 1.165) is 11.1 Å². The van der Waals surface area contributed by atoms with Crippen LogP contribution in [-0.4, -0.2) is 17.6 Å². The van der Waals surface area contributed by atoms with Crippen LogP contribution in [-0.2, 0) is 14.4 Å². The van der Waals surface area contributed by atoms with Gasteiger partial charge in [0.05, 0.1) is 0 Å². The number of amidine groups is 1. The van der Waals surface area contributed by atoms with Crippen molar-refractivity contribution in [2.24, 2.45) is 22.2 Å². The zero-order valence-corrected chi connectivity index (χ0v) is 14.5. The third-order valence-corrected chi connectivity index (χ3v) is 5.80. The van der Waals surface area contributed by atoms with Gasteiger partial charge in [-0.2, -0.15) is 0 Å². The quantitative estimate of drug-likeness (QED) is 0.846. The van der Waals surface area contributed by atoms with Crippen LogP contribution < -0.4 is 5.73 Å². The molecule has 5 nitrogen and oxygen atoms in total. The first-order chi connectivity index (χ1) is 12.6. The number of ketones is 1. The molecule has 132 valence electrons. The first kappa shape index (κ1) is 16.5. The van der Waals surface area contributed by atoms with Crippen LogP contribution in [0.1, 0.15) is 36.3 Å². The summed E-state index contributed by atoms with van der Waals surface area (Å²) in [5.74, 6) is -1.39. The topological polar surface area (TPSA) is 81.8 Å². The third kappa shape index (κ3) is 2.20. The van der Waals surface area contributed by atoms with Crippen LogP contribution >= 0.6 is 0 Å². The molecule has 1 aliphatic carbocycles. The van der Waals surface area contributed by atoms with Crippen molar-refractivity contribution in [2.75, 3.05) is 0 Å². The van der Waals surface area contributed by atoms with Crippen LogP contribution in [0.2, 0.25) is 0 Å². The minimum atomic E-state index is -1.17. The Labute approximate surface area is 151 Å². The van der Waals surface area contributed by atoms with E-state index in [2.05, 4.69) is 5.16 Å². The standard InChI is InChI=1S/C21H20N2O3/c1-13-17(24)12-16(14-8-4-2-5-9-14)21(19(22)23-26-20(21)25)18(13)15-10-6-3-7-11-15/h2-11,13,16,18H,12H2,1H3,(H2,22,23). The van der Waals surface area contributed by atoms with Gasteiger partial charge in [0, 0.05) is 24.2 Å². The average Bonchev–Trinajstić information content (AvgIpc) is 2.96. The normalized spacial score (nSPS) is 31.0. The Hall–Kier alpha value is -2.95. The number of carbonyl (C=O) groups is 2. The lowest BCUT2D eigenvalue weighted by Crippen LogP contribution is -2.55. The van der Waals surface area contributed by atoms with E-state index >= 15 is 0 Å². The molecule has 1 aliphatic heterocycles. The predicted molar refractivity (Wildman–Crippen MR) is 97.3 cm³/mol. The summed E-state index contributed by atoms with van der Waals surface area (Å²) < 4.78 is 0. The van der Waals surface area contributed by atoms with Crippen molar-refractivity contribution in [3.05, 3.63) is 71.8 Å². The lowest BCUT2D eigenvalue weighted by atomic mass is 9.52. The van der Waals surface area contributed by atoms with Gasteiger partial charge in [-0.1, -0.05) is 72.7 Å². The van der Waals surface area contributed by atoms with E-state index in [9.17, 15) is 9.59 Å². The average molecular weight is 348 g/mol. The van der Waals surface area contributed by atoms with Gasteiger partial charge in [0.1, 0.15) is 11.2 Å². The molecule has 1 spiro atoms. The van der Waals surface area contributed by atoms with Crippen LogP contribution in [0.25, 0.3) is 0 Å². The second-order valence-electron chi connectivity index (χ2n) is 7.04. The van der Waals surface area contributed by atoms with Crippen LogP contribution in [0.4, 0.5) is 0 Å². The molecular formula is C21H20N2O3. The van der Waals surface area contributed by atoms with Gasteiger partial charge < -0.3 is 10.6 Å². The Kier molecular flexibility index (Phi) is 3.87. The highest BCUT2D eigenvalue weighted by Crippen LogP contribution is 2.58. The molecule has 0 radical (unpaired) electrons. The van der Waals surface area contributed by atoms with Crippen molar-refractivity contribution < 1.29 is 14.4 Å². The summed E-state index contributed by atoms with van der Waals surface area (Å²) in [6, 6.07) is 19.1. The van der Waals surface area contributed by atoms with Crippen molar-refractivity contribution in [2.45, 2.75) is 25.2 Å². The van der Waals surface area contributed by atoms with Gasteiger partial charge in [0.25, 0.3) is 0 Å². The van der Waals surface area contributed by atoms with Gasteiger partial charge in [0.15, 0.2) is 5.84 Å². The van der Waals surface area contributed by atoms with Crippen molar-refractivity contribution in [3.63, 3.8) is 0 Å². The van der Waals surface area contributed by atoms with Gasteiger partial charge >= 0.3 is 5.97 Å². The van der Waals surface area contributed by atoms with E-state index in [1.54, 1.807) is 0 Å². The monoisotopic (exact) mass is 348 g/mol. The van der Waals surface area contributed by atoms with E-state index in [1.807, 2.05) is 67.6 Å². The number of nitrogens with zero attached hydrogens (tertiary/aromatic N) is 1. The molecule has 0 bridgehead atoms. The molecule has 2 aromatic rings. The van der Waals surface area contributed by atoms with Crippen molar-refractivity contribution in [1.82, 2.24) is 0 Å². The fourth-order valence-corrected chi connectivity index (χ4v) is 4.58. The first-order valence-electron chi connectivity index (χ1n) is 8.74. The number of rotatable bonds is 2. The van der Waals surface area contributed by atoms with Crippen LogP contribution in [0.3, 0.4) is 0 Å². The molecule has 0 aromatic heterocycles. The lowest BCUT2D eigenvalue weighted by Gasteiger charge is -2.46. The van der Waals surface area contributed by atoms with E-state index in [0.29, 0.717) is 0 Å². The first-order valence-corrected chi connectivity index (χ1v) is 8.74. The van der Waals surface area contributed by atoms with Gasteiger partial charge in [0.2, 0.25) is 0 Å². The number of carbonyl (C=O) groups excluding carboxylic acids is 2. The molecule has 2 N–H and O–H groups in total. The van der Waals surface area contributed by atoms with Gasteiger partial charge in [-0.25, -0.2) is 4.79 Å². The molecule has 1 fully saturated rings. The fourth-order valence-electron chi connectivity index (χ4n) is 4.58. The number of nitrogens with two attached hydrogens (primary N) is 1. The smallest absolute Gasteiger partial charge is 0.350 e. The van der Waals surface area contributed by atoms with Gasteiger partial charge in [-0.15, -0.1) is 0 Å². The van der Waals surface area contributed by atoms with Gasteiger partial charge in [-0.3, -0.25) is 4.79 Å². The van der Waals surface area contributed by atoms with E-state index in [-0.39, 0.29) is 24.0 Å². The summed E-state index contributed by atoms with van der Waals surface area (Å²) in [6.45, 7) is 1.86. The molecule has 4 atom stereocenters. The molecule has 1 saturated carbocycles. The van der Waals surface area contributed by atoms with E-state index in [4.69, 9.17) is 10.6 Å². The zero-order chi connectivity index (χ0) is 18.3. The lowest BCUT2D eigenvalue weighted by molar-refractivity contribution is -0.153. The highest BCUT2D eigenvalue weighted by atomic mass is 16.7. The number of hydrogen-bond acceptors (Lipinski definition) is 5. The fraction of sp³-hybridized carbons (Fsp3) is 0.286. The van der Waals surface area contributed by atoms with Crippen LogP contribution in [0.5, 0.6) is 0 Å². The van der Waals surface area contributed by atoms with E-state index in [1.165, 1.54) is 0 Å². The molecule has 2 aromatic carbocycles. The third-order valence-electron chi connectivity index (χ3n) is 5.80. The maximum Gasteiger partial charge on any atom is 0.350 e. The Morgan fingerprint density at radius 1 is 1.00 bits per heavy atom. The highest BCUT2D eigenvalue weighted by Gasteiger charge is 2.65. The maximum absolute atomic E-state index is 13.1. The molecule has 2 aliphatic rings. The van der Waals surface area contributed by atoms with Gasteiger partial charge in [-0.05, 0) is 11.1 Å². The summed E-state index contributed by atoms with van der Waals surface area (Å²) in [5.41, 5.74) is 6.91. The number of oxime groups is 1. The minimum absolute atomic E-state index is 0.117. The molecule has 4 rings (SSSR count). The summed E-state index contributed by atoms with van der Waals surface area (Å²) in [5, 5.41) is 3.84. The Balaban J connectivity index is 1.97. The predicted octanol–water partition coefficient (Wildman–Crippen LogP) is 2.98. The molecule has 1 heterocycles. The number of hydrogen-bond donors (Lipinski definition) is 1. The largest absolute Gasteiger partial charge is 0.383 e.